The van der Waals surface area contributed by atoms with E-state index in [9.17, 15) is 13.2 Å². The average Bonchev–Trinajstić information content (AvgIpc) is 2.46. The lowest BCUT2D eigenvalue weighted by molar-refractivity contribution is -0.134. The topological polar surface area (TPSA) is 66.5 Å². The second-order valence-electron chi connectivity index (χ2n) is 5.81. The molecule has 1 heterocycles. The molecular weight excluding hydrogens is 368 g/mol. The Hall–Kier alpha value is -0.920. The van der Waals surface area contributed by atoms with Crippen molar-refractivity contribution in [2.45, 2.75) is 24.1 Å². The first-order valence-electron chi connectivity index (χ1n) is 7.16. The van der Waals surface area contributed by atoms with E-state index in [2.05, 4.69) is 21.2 Å². The van der Waals surface area contributed by atoms with Crippen molar-refractivity contribution in [3.63, 3.8) is 0 Å². The molecule has 7 heteroatoms. The Morgan fingerprint density at radius 1 is 1.36 bits per heavy atom. The number of sulfone groups is 1. The fourth-order valence-corrected chi connectivity index (χ4v) is 4.77. The number of nitrogens with one attached hydrogen (secondary N) is 1. The zero-order valence-corrected chi connectivity index (χ0v) is 15.2. The number of carbonyl (C=O) groups is 1. The Balaban J connectivity index is 2.23. The van der Waals surface area contributed by atoms with Crippen LogP contribution >= 0.6 is 15.9 Å². The molecular formula is C15H21BrN2O3S. The summed E-state index contributed by atoms with van der Waals surface area (Å²) in [6.07, 6.45) is 1.82. The molecule has 0 unspecified atom stereocenters. The molecule has 0 saturated carbocycles. The number of nitrogens with zero attached hydrogens (tertiary/aromatic N) is 1. The minimum atomic E-state index is -3.47. The van der Waals surface area contributed by atoms with Gasteiger partial charge in [-0.15, -0.1) is 0 Å². The predicted molar refractivity (Wildman–Crippen MR) is 90.3 cm³/mol. The zero-order valence-electron chi connectivity index (χ0n) is 12.8. The molecule has 1 aromatic carbocycles. The average molecular weight is 389 g/mol. The third kappa shape index (κ3) is 3.52. The number of halogens is 1. The van der Waals surface area contributed by atoms with E-state index in [0.29, 0.717) is 32.5 Å². The van der Waals surface area contributed by atoms with Crippen LogP contribution in [0.2, 0.25) is 0 Å². The van der Waals surface area contributed by atoms with Gasteiger partial charge in [-0.1, -0.05) is 28.1 Å². The van der Waals surface area contributed by atoms with Gasteiger partial charge in [0.15, 0.2) is 14.6 Å². The Bertz CT molecular complexity index is 655. The molecule has 1 aliphatic heterocycles. The smallest absolute Gasteiger partial charge is 0.244 e. The maximum atomic E-state index is 12.9. The fourth-order valence-electron chi connectivity index (χ4n) is 2.90. The highest BCUT2D eigenvalue weighted by Crippen LogP contribution is 2.30. The number of rotatable bonds is 4. The van der Waals surface area contributed by atoms with Crippen LogP contribution in [0.1, 0.15) is 18.4 Å². The molecule has 0 radical (unpaired) electrons. The van der Waals surface area contributed by atoms with E-state index in [-0.39, 0.29) is 5.91 Å². The normalized spacial score (nSPS) is 18.0. The van der Waals surface area contributed by atoms with Crippen LogP contribution in [0.5, 0.6) is 0 Å². The quantitative estimate of drug-likeness (QED) is 0.849. The second kappa shape index (κ2) is 6.68. The number of carbonyl (C=O) groups excluding carboxylic acids is 1. The molecule has 0 aliphatic carbocycles. The molecule has 0 spiro atoms. The monoisotopic (exact) mass is 388 g/mol. The van der Waals surface area contributed by atoms with Gasteiger partial charge in [0.2, 0.25) is 5.91 Å². The van der Waals surface area contributed by atoms with Gasteiger partial charge in [-0.05, 0) is 43.6 Å². The summed E-state index contributed by atoms with van der Waals surface area (Å²) in [5, 5.41) is 3.12. The van der Waals surface area contributed by atoms with Crippen molar-refractivity contribution in [1.29, 1.82) is 0 Å². The lowest BCUT2D eigenvalue weighted by atomic mass is 9.95. The second-order valence-corrected chi connectivity index (χ2v) is 9.05. The van der Waals surface area contributed by atoms with Crippen LogP contribution in [0.3, 0.4) is 0 Å². The molecule has 1 N–H and O–H groups in total. The summed E-state index contributed by atoms with van der Waals surface area (Å²) in [4.78, 5) is 14.4. The van der Waals surface area contributed by atoms with Gasteiger partial charge >= 0.3 is 0 Å². The number of benzene rings is 1. The van der Waals surface area contributed by atoms with Crippen molar-refractivity contribution in [3.8, 4) is 0 Å². The maximum absolute atomic E-state index is 12.9. The number of piperidine rings is 1. The van der Waals surface area contributed by atoms with E-state index in [0.717, 1.165) is 10.0 Å². The lowest BCUT2D eigenvalue weighted by Gasteiger charge is -2.37. The van der Waals surface area contributed by atoms with Crippen molar-refractivity contribution < 1.29 is 13.2 Å². The zero-order chi connectivity index (χ0) is 16.4. The van der Waals surface area contributed by atoms with Gasteiger partial charge in [0.05, 0.1) is 0 Å². The van der Waals surface area contributed by atoms with E-state index in [1.165, 1.54) is 11.2 Å². The molecule has 1 aliphatic rings. The minimum absolute atomic E-state index is 0.309. The minimum Gasteiger partial charge on any atom is -0.340 e. The van der Waals surface area contributed by atoms with E-state index >= 15 is 0 Å². The van der Waals surface area contributed by atoms with Gasteiger partial charge in [-0.2, -0.15) is 0 Å². The Labute approximate surface area is 140 Å². The highest BCUT2D eigenvalue weighted by atomic mass is 79.9. The first kappa shape index (κ1) is 17.4. The number of amides is 1. The third-order valence-corrected chi connectivity index (χ3v) is 6.66. The highest BCUT2D eigenvalue weighted by molar-refractivity contribution is 9.10. The van der Waals surface area contributed by atoms with Gasteiger partial charge in [0.25, 0.3) is 0 Å². The van der Waals surface area contributed by atoms with Crippen LogP contribution in [-0.4, -0.2) is 50.4 Å². The number of hydrogen-bond acceptors (Lipinski definition) is 4. The van der Waals surface area contributed by atoms with E-state index in [1.54, 1.807) is 7.05 Å². The molecule has 2 rings (SSSR count). The van der Waals surface area contributed by atoms with Crippen LogP contribution in [0.15, 0.2) is 28.7 Å². The molecule has 0 atom stereocenters. The number of hydrogen-bond donors (Lipinski definition) is 1. The van der Waals surface area contributed by atoms with Crippen LogP contribution in [-0.2, 0) is 21.2 Å². The van der Waals surface area contributed by atoms with Gasteiger partial charge in [-0.3, -0.25) is 4.79 Å². The summed E-state index contributed by atoms with van der Waals surface area (Å²) in [5.74, 6) is -0.309. The maximum Gasteiger partial charge on any atom is 0.244 e. The van der Waals surface area contributed by atoms with Crippen molar-refractivity contribution >= 4 is 31.7 Å². The molecule has 122 valence electrons. The lowest BCUT2D eigenvalue weighted by Crippen LogP contribution is -2.57. The summed E-state index contributed by atoms with van der Waals surface area (Å²) >= 11 is 3.40. The largest absolute Gasteiger partial charge is 0.340 e. The molecule has 1 aromatic rings. The van der Waals surface area contributed by atoms with E-state index in [4.69, 9.17) is 0 Å². The van der Waals surface area contributed by atoms with Crippen molar-refractivity contribution in [3.05, 3.63) is 34.3 Å². The summed E-state index contributed by atoms with van der Waals surface area (Å²) < 4.78 is 24.2. The summed E-state index contributed by atoms with van der Waals surface area (Å²) in [7, 11) is -1.81. The van der Waals surface area contributed by atoms with Gasteiger partial charge in [0.1, 0.15) is 0 Å². The summed E-state index contributed by atoms with van der Waals surface area (Å²) in [6.45, 7) is 1.48. The molecule has 1 amide bonds. The molecule has 22 heavy (non-hydrogen) atoms. The van der Waals surface area contributed by atoms with Crippen LogP contribution in [0.4, 0.5) is 0 Å². The third-order valence-electron chi connectivity index (χ3n) is 4.17. The van der Waals surface area contributed by atoms with Gasteiger partial charge in [0, 0.05) is 24.3 Å². The highest BCUT2D eigenvalue weighted by Gasteiger charge is 2.49. The van der Waals surface area contributed by atoms with Crippen molar-refractivity contribution in [2.24, 2.45) is 0 Å². The SMILES string of the molecule is CN(Cc1cccc(Br)c1)C(=O)C1(S(C)(=O)=O)CCNCC1. The summed E-state index contributed by atoms with van der Waals surface area (Å²) in [5.41, 5.74) is 0.961. The predicted octanol–water partition coefficient (Wildman–Crippen LogP) is 1.57. The van der Waals surface area contributed by atoms with E-state index < -0.39 is 14.6 Å². The van der Waals surface area contributed by atoms with Crippen molar-refractivity contribution in [1.82, 2.24) is 10.2 Å². The molecule has 5 nitrogen and oxygen atoms in total. The van der Waals surface area contributed by atoms with Crippen LogP contribution < -0.4 is 5.32 Å². The Morgan fingerprint density at radius 2 is 2.00 bits per heavy atom. The molecule has 0 aromatic heterocycles. The van der Waals surface area contributed by atoms with Crippen molar-refractivity contribution in [2.75, 3.05) is 26.4 Å². The first-order chi connectivity index (χ1) is 10.3. The fraction of sp³-hybridized carbons (Fsp3) is 0.533. The summed E-state index contributed by atoms with van der Waals surface area (Å²) in [6, 6.07) is 7.66. The Kier molecular flexibility index (Phi) is 5.29. The van der Waals surface area contributed by atoms with Gasteiger partial charge < -0.3 is 10.2 Å². The van der Waals surface area contributed by atoms with Gasteiger partial charge in [-0.25, -0.2) is 8.42 Å². The van der Waals surface area contributed by atoms with Crippen LogP contribution in [0.25, 0.3) is 0 Å². The van der Waals surface area contributed by atoms with Crippen LogP contribution in [0, 0.1) is 0 Å². The Morgan fingerprint density at radius 3 is 2.55 bits per heavy atom. The molecule has 1 fully saturated rings. The molecule has 1 saturated heterocycles. The van der Waals surface area contributed by atoms with E-state index in [1.807, 2.05) is 24.3 Å². The standard InChI is InChI=1S/C15H21BrN2O3S/c1-18(11-12-4-3-5-13(16)10-12)14(19)15(22(2,20)21)6-8-17-9-7-15/h3-5,10,17H,6-9,11H2,1-2H3. The molecule has 0 bridgehead atoms. The first-order valence-corrected chi connectivity index (χ1v) is 9.85.